The largest absolute Gasteiger partial charge is 0.534 e. The number of hydrogen-bond donors (Lipinski definition) is 0. The summed E-state index contributed by atoms with van der Waals surface area (Å²) in [5.74, 6) is -0.419. The maximum atomic E-state index is 12.3. The number of fused-ring (bicyclic) bond motifs is 2. The maximum Gasteiger partial charge on any atom is 0.534 e. The second-order valence-corrected chi connectivity index (χ2v) is 12.2. The van der Waals surface area contributed by atoms with Gasteiger partial charge in [0.15, 0.2) is 5.75 Å². The van der Waals surface area contributed by atoms with Crippen molar-refractivity contribution in [1.82, 2.24) is 0 Å². The van der Waals surface area contributed by atoms with E-state index in [-0.39, 0.29) is 43.6 Å². The summed E-state index contributed by atoms with van der Waals surface area (Å²) in [4.78, 5) is 0. The monoisotopic (exact) mass is 630 g/mol. The SMILES string of the molecule is C.C.CC1(C)OB(c2ccc(Cl)c3ccccc23)OC1(C)C.O=S(=O)(Oc1ccc(Cl)c2ccccc12)C(F)(F)F. The second kappa shape index (κ2) is 12.4. The summed E-state index contributed by atoms with van der Waals surface area (Å²) in [5, 5.41) is 3.73. The fourth-order valence-corrected chi connectivity index (χ4v) is 4.87. The normalized spacial score (nSPS) is 15.9. The van der Waals surface area contributed by atoms with Crippen LogP contribution in [0.5, 0.6) is 5.75 Å². The lowest BCUT2D eigenvalue weighted by atomic mass is 9.76. The number of benzene rings is 4. The van der Waals surface area contributed by atoms with Crippen LogP contribution < -0.4 is 9.65 Å². The molecule has 5 rings (SSSR count). The van der Waals surface area contributed by atoms with Gasteiger partial charge in [0, 0.05) is 20.8 Å². The van der Waals surface area contributed by atoms with Crippen LogP contribution in [0.2, 0.25) is 10.0 Å². The van der Waals surface area contributed by atoms with Gasteiger partial charge in [-0.15, -0.1) is 0 Å². The van der Waals surface area contributed by atoms with Crippen LogP contribution in [0.3, 0.4) is 0 Å². The molecule has 0 radical (unpaired) electrons. The van der Waals surface area contributed by atoms with Gasteiger partial charge in [0.25, 0.3) is 0 Å². The Morgan fingerprint density at radius 1 is 0.707 bits per heavy atom. The first-order valence-corrected chi connectivity index (χ1v) is 13.9. The van der Waals surface area contributed by atoms with E-state index in [9.17, 15) is 21.6 Å². The summed E-state index contributed by atoms with van der Waals surface area (Å²) in [6.07, 6.45) is 0. The van der Waals surface area contributed by atoms with E-state index < -0.39 is 21.4 Å². The molecule has 1 aliphatic rings. The highest BCUT2D eigenvalue weighted by molar-refractivity contribution is 7.88. The molecule has 0 N–H and O–H groups in total. The summed E-state index contributed by atoms with van der Waals surface area (Å²) < 4.78 is 75.1. The van der Waals surface area contributed by atoms with Gasteiger partial charge in [-0.1, -0.05) is 92.7 Å². The van der Waals surface area contributed by atoms with Crippen LogP contribution >= 0.6 is 23.2 Å². The zero-order valence-electron chi connectivity index (χ0n) is 21.3. The van der Waals surface area contributed by atoms with E-state index in [1.54, 1.807) is 12.1 Å². The molecule has 4 aromatic carbocycles. The lowest BCUT2D eigenvalue weighted by Gasteiger charge is -2.32. The summed E-state index contributed by atoms with van der Waals surface area (Å²) >= 11 is 12.1. The van der Waals surface area contributed by atoms with Crippen molar-refractivity contribution in [2.45, 2.75) is 59.3 Å². The fourth-order valence-electron chi connectivity index (χ4n) is 3.93. The van der Waals surface area contributed by atoms with Gasteiger partial charge in [0.05, 0.1) is 11.2 Å². The Morgan fingerprint density at radius 2 is 1.12 bits per heavy atom. The van der Waals surface area contributed by atoms with Crippen molar-refractivity contribution in [2.24, 2.45) is 0 Å². The van der Waals surface area contributed by atoms with E-state index in [4.69, 9.17) is 32.5 Å². The molecule has 1 aliphatic heterocycles. The fraction of sp³-hybridized carbons (Fsp3) is 0.310. The van der Waals surface area contributed by atoms with Crippen LogP contribution in [0.25, 0.3) is 21.5 Å². The van der Waals surface area contributed by atoms with Gasteiger partial charge in [0.2, 0.25) is 0 Å². The van der Waals surface area contributed by atoms with Crippen LogP contribution in [0.4, 0.5) is 13.2 Å². The van der Waals surface area contributed by atoms with E-state index in [1.807, 2.05) is 30.3 Å². The molecule has 0 bridgehead atoms. The summed E-state index contributed by atoms with van der Waals surface area (Å²) in [6.45, 7) is 8.24. The van der Waals surface area contributed by atoms with E-state index >= 15 is 0 Å². The van der Waals surface area contributed by atoms with E-state index in [0.717, 1.165) is 27.3 Å². The quantitative estimate of drug-likeness (QED) is 0.129. The molecule has 41 heavy (non-hydrogen) atoms. The molecule has 0 amide bonds. The first-order valence-electron chi connectivity index (χ1n) is 11.7. The molecular weight excluding hydrogens is 599 g/mol. The first kappa shape index (κ1) is 34.7. The molecule has 5 nitrogen and oxygen atoms in total. The highest BCUT2D eigenvalue weighted by Crippen LogP contribution is 2.38. The highest BCUT2D eigenvalue weighted by atomic mass is 35.5. The van der Waals surface area contributed by atoms with E-state index in [0.29, 0.717) is 5.39 Å². The molecule has 1 saturated heterocycles. The van der Waals surface area contributed by atoms with Crippen LogP contribution in [-0.4, -0.2) is 32.2 Å². The van der Waals surface area contributed by atoms with Gasteiger partial charge in [-0.05, 0) is 62.1 Å². The molecule has 0 unspecified atom stereocenters. The van der Waals surface area contributed by atoms with Crippen molar-refractivity contribution in [3.63, 3.8) is 0 Å². The van der Waals surface area contributed by atoms with E-state index in [2.05, 4.69) is 37.9 Å². The molecule has 222 valence electrons. The third kappa shape index (κ3) is 6.95. The minimum atomic E-state index is -5.70. The van der Waals surface area contributed by atoms with Crippen molar-refractivity contribution in [3.05, 3.63) is 82.8 Å². The van der Waals surface area contributed by atoms with Crippen LogP contribution in [0.1, 0.15) is 42.5 Å². The van der Waals surface area contributed by atoms with Crippen molar-refractivity contribution in [2.75, 3.05) is 0 Å². The molecule has 0 atom stereocenters. The first-order chi connectivity index (χ1) is 18.0. The zero-order valence-corrected chi connectivity index (χ0v) is 23.7. The van der Waals surface area contributed by atoms with Gasteiger partial charge >= 0.3 is 22.7 Å². The molecule has 1 fully saturated rings. The number of hydrogen-bond acceptors (Lipinski definition) is 5. The minimum absolute atomic E-state index is 0. The van der Waals surface area contributed by atoms with Crippen LogP contribution in [-0.2, 0) is 19.4 Å². The minimum Gasteiger partial charge on any atom is -0.399 e. The highest BCUT2D eigenvalue weighted by Gasteiger charge is 2.52. The lowest BCUT2D eigenvalue weighted by Crippen LogP contribution is -2.41. The predicted octanol–water partition coefficient (Wildman–Crippen LogP) is 8.79. The molecule has 0 aliphatic carbocycles. The van der Waals surface area contributed by atoms with Gasteiger partial charge in [-0.2, -0.15) is 21.6 Å². The Labute approximate surface area is 249 Å². The van der Waals surface area contributed by atoms with Gasteiger partial charge in [0.1, 0.15) is 0 Å². The van der Waals surface area contributed by atoms with Crippen LogP contribution in [0, 0.1) is 0 Å². The van der Waals surface area contributed by atoms with Crippen molar-refractivity contribution >= 4 is 67.4 Å². The lowest BCUT2D eigenvalue weighted by molar-refractivity contribution is -0.0499. The average Bonchev–Trinajstić information content (AvgIpc) is 3.07. The Hall–Kier alpha value is -2.50. The van der Waals surface area contributed by atoms with Gasteiger partial charge < -0.3 is 13.5 Å². The van der Waals surface area contributed by atoms with Crippen LogP contribution in [0.15, 0.2) is 72.8 Å². The maximum absolute atomic E-state index is 12.3. The predicted molar refractivity (Wildman–Crippen MR) is 163 cm³/mol. The molecule has 12 heteroatoms. The number of rotatable bonds is 3. The average molecular weight is 631 g/mol. The molecule has 0 spiro atoms. The van der Waals surface area contributed by atoms with Gasteiger partial charge in [-0.3, -0.25) is 0 Å². The number of halogens is 5. The summed E-state index contributed by atoms with van der Waals surface area (Å²) in [5.41, 5.74) is -5.12. The second-order valence-electron chi connectivity index (χ2n) is 9.84. The Balaban J connectivity index is 0.000000274. The zero-order chi connectivity index (χ0) is 28.8. The third-order valence-corrected chi connectivity index (χ3v) is 8.35. The Kier molecular flexibility index (Phi) is 10.5. The summed E-state index contributed by atoms with van der Waals surface area (Å²) in [7, 11) is -6.06. The van der Waals surface area contributed by atoms with Crippen molar-refractivity contribution in [1.29, 1.82) is 0 Å². The van der Waals surface area contributed by atoms with E-state index in [1.165, 1.54) is 18.2 Å². The van der Waals surface area contributed by atoms with Crippen molar-refractivity contribution < 1.29 is 35.1 Å². The Morgan fingerprint density at radius 3 is 1.61 bits per heavy atom. The smallest absolute Gasteiger partial charge is 0.399 e. The molecular formula is C29H32BCl2F3O5S. The van der Waals surface area contributed by atoms with Crippen molar-refractivity contribution in [3.8, 4) is 5.75 Å². The standard InChI is InChI=1S/C16H18BClO2.C11H6ClF3O3S.2CH4/c1-15(2)16(3,4)20-17(19-15)13-9-10-14(18)12-8-6-5-7-11(12)13;12-9-5-6-10(8-4-2-1-3-7(8)9)18-19(16,17)11(13,14)15;;/h5-10H,1-4H3;1-6H;2*1H4. The Bertz CT molecular complexity index is 1630. The van der Waals surface area contributed by atoms with Gasteiger partial charge in [-0.25, -0.2) is 0 Å². The molecule has 1 heterocycles. The topological polar surface area (TPSA) is 61.8 Å². The number of alkyl halides is 3. The third-order valence-electron chi connectivity index (χ3n) is 6.73. The molecule has 0 aromatic heterocycles. The molecule has 0 saturated carbocycles. The summed E-state index contributed by atoms with van der Waals surface area (Å²) in [6, 6.07) is 20.4. The molecule has 4 aromatic rings.